The van der Waals surface area contributed by atoms with Crippen LogP contribution in [0.15, 0.2) is 78.4 Å². The highest BCUT2D eigenvalue weighted by atomic mass is 79.9. The molecule has 0 atom stereocenters. The SMILES string of the molecule is O=C(C[n+]1cccc(-c2cc(CCC3CCCCC3)nn2-c2ccccc2)c1)c1cccs1.[Br-]. The van der Waals surface area contributed by atoms with E-state index in [-0.39, 0.29) is 22.8 Å². The zero-order chi connectivity index (χ0) is 22.5. The molecule has 0 N–H and O–H groups in total. The van der Waals surface area contributed by atoms with Crippen LogP contribution in [-0.4, -0.2) is 15.6 Å². The van der Waals surface area contributed by atoms with Crippen LogP contribution in [0, 0.1) is 5.92 Å². The lowest BCUT2D eigenvalue weighted by molar-refractivity contribution is -0.682. The molecule has 1 aliphatic rings. The summed E-state index contributed by atoms with van der Waals surface area (Å²) in [5.41, 5.74) is 4.33. The summed E-state index contributed by atoms with van der Waals surface area (Å²) in [7, 11) is 0. The third-order valence-electron chi connectivity index (χ3n) is 6.57. The molecule has 1 aromatic carbocycles. The molecule has 0 saturated heterocycles. The number of hydrogen-bond acceptors (Lipinski definition) is 3. The van der Waals surface area contributed by atoms with Crippen LogP contribution in [0.2, 0.25) is 0 Å². The van der Waals surface area contributed by atoms with Crippen LogP contribution >= 0.6 is 11.3 Å². The van der Waals surface area contributed by atoms with E-state index in [1.807, 2.05) is 52.5 Å². The van der Waals surface area contributed by atoms with Crippen molar-refractivity contribution in [2.24, 2.45) is 5.92 Å². The number of thiophene rings is 1. The van der Waals surface area contributed by atoms with Gasteiger partial charge in [0.2, 0.25) is 12.3 Å². The molecule has 0 radical (unpaired) electrons. The van der Waals surface area contributed by atoms with Crippen molar-refractivity contribution in [2.45, 2.75) is 51.5 Å². The molecule has 1 fully saturated rings. The number of ketones is 1. The monoisotopic (exact) mass is 535 g/mol. The van der Waals surface area contributed by atoms with Gasteiger partial charge in [0.15, 0.2) is 12.4 Å². The predicted molar refractivity (Wildman–Crippen MR) is 133 cm³/mol. The van der Waals surface area contributed by atoms with Gasteiger partial charge in [-0.05, 0) is 54.5 Å². The first-order valence-corrected chi connectivity index (χ1v) is 12.8. The number of pyridine rings is 1. The minimum atomic E-state index is 0. The fourth-order valence-electron chi connectivity index (χ4n) is 4.80. The number of aryl methyl sites for hydroxylation is 1. The quantitative estimate of drug-likeness (QED) is 0.256. The van der Waals surface area contributed by atoms with Crippen LogP contribution < -0.4 is 21.5 Å². The molecular weight excluding hydrogens is 506 g/mol. The molecule has 0 spiro atoms. The Balaban J connectivity index is 0.00000274. The van der Waals surface area contributed by atoms with E-state index in [4.69, 9.17) is 5.10 Å². The molecule has 3 aromatic heterocycles. The van der Waals surface area contributed by atoms with Crippen molar-refractivity contribution in [2.75, 3.05) is 0 Å². The Hall–Kier alpha value is -2.57. The van der Waals surface area contributed by atoms with Crippen molar-refractivity contribution >= 4 is 17.1 Å². The molecule has 0 unspecified atom stereocenters. The Morgan fingerprint density at radius 1 is 1.03 bits per heavy atom. The minimum absolute atomic E-state index is 0. The van der Waals surface area contributed by atoms with Gasteiger partial charge in [0, 0.05) is 6.07 Å². The minimum Gasteiger partial charge on any atom is -1.00 e. The van der Waals surface area contributed by atoms with Gasteiger partial charge in [0.1, 0.15) is 0 Å². The van der Waals surface area contributed by atoms with E-state index in [2.05, 4.69) is 35.1 Å². The summed E-state index contributed by atoms with van der Waals surface area (Å²) in [5.74, 6) is 0.975. The fourth-order valence-corrected chi connectivity index (χ4v) is 5.46. The maximum atomic E-state index is 12.6. The van der Waals surface area contributed by atoms with Gasteiger partial charge in [-0.1, -0.05) is 56.4 Å². The molecule has 5 rings (SSSR count). The smallest absolute Gasteiger partial charge is 0.237 e. The number of carbonyl (C=O) groups is 1. The fraction of sp³-hybridized carbons (Fsp3) is 0.321. The van der Waals surface area contributed by atoms with E-state index in [1.165, 1.54) is 49.9 Å². The Bertz CT molecular complexity index is 1200. The lowest BCUT2D eigenvalue weighted by Crippen LogP contribution is -3.00. The lowest BCUT2D eigenvalue weighted by Gasteiger charge is -2.20. The van der Waals surface area contributed by atoms with Crippen molar-refractivity contribution in [1.29, 1.82) is 0 Å². The molecule has 4 nitrogen and oxygen atoms in total. The highest BCUT2D eigenvalue weighted by Gasteiger charge is 2.19. The van der Waals surface area contributed by atoms with Crippen LogP contribution in [0.3, 0.4) is 0 Å². The summed E-state index contributed by atoms with van der Waals surface area (Å²) in [6.45, 7) is 0.336. The van der Waals surface area contributed by atoms with Gasteiger partial charge in [-0.3, -0.25) is 4.79 Å². The Morgan fingerprint density at radius 2 is 1.85 bits per heavy atom. The van der Waals surface area contributed by atoms with Crippen molar-refractivity contribution < 1.29 is 26.3 Å². The third-order valence-corrected chi connectivity index (χ3v) is 7.48. The first-order valence-electron chi connectivity index (χ1n) is 12.0. The number of Topliss-reactive ketones (excluding diaryl/α,β-unsaturated/α-hetero) is 1. The molecule has 3 heterocycles. The summed E-state index contributed by atoms with van der Waals surface area (Å²) < 4.78 is 4.03. The first-order chi connectivity index (χ1) is 16.3. The molecule has 176 valence electrons. The zero-order valence-electron chi connectivity index (χ0n) is 19.3. The Labute approximate surface area is 216 Å². The topological polar surface area (TPSA) is 38.8 Å². The van der Waals surface area contributed by atoms with Gasteiger partial charge < -0.3 is 17.0 Å². The van der Waals surface area contributed by atoms with Gasteiger partial charge in [0.05, 0.1) is 27.5 Å². The van der Waals surface area contributed by atoms with Crippen LogP contribution in [0.1, 0.15) is 53.9 Å². The number of benzene rings is 1. The second-order valence-corrected chi connectivity index (χ2v) is 9.92. The maximum Gasteiger partial charge on any atom is 0.237 e. The number of rotatable bonds is 8. The number of hydrogen-bond donors (Lipinski definition) is 0. The average Bonchev–Trinajstić information content (AvgIpc) is 3.55. The number of para-hydroxylation sites is 1. The van der Waals surface area contributed by atoms with Crippen molar-refractivity contribution in [3.8, 4) is 16.9 Å². The summed E-state index contributed by atoms with van der Waals surface area (Å²) in [4.78, 5) is 13.4. The molecule has 6 heteroatoms. The number of halogens is 1. The highest BCUT2D eigenvalue weighted by molar-refractivity contribution is 7.12. The van der Waals surface area contributed by atoms with E-state index in [9.17, 15) is 4.79 Å². The van der Waals surface area contributed by atoms with E-state index >= 15 is 0 Å². The summed E-state index contributed by atoms with van der Waals surface area (Å²) in [5, 5.41) is 6.96. The summed E-state index contributed by atoms with van der Waals surface area (Å²) in [6.07, 6.45) is 13.1. The van der Waals surface area contributed by atoms with Gasteiger partial charge in [-0.15, -0.1) is 11.3 Å². The maximum absolute atomic E-state index is 12.6. The average molecular weight is 537 g/mol. The van der Waals surface area contributed by atoms with E-state index in [1.54, 1.807) is 0 Å². The number of aromatic nitrogens is 3. The van der Waals surface area contributed by atoms with E-state index in [0.29, 0.717) is 6.54 Å². The first kappa shape index (κ1) is 24.6. The van der Waals surface area contributed by atoms with Crippen molar-refractivity contribution in [3.63, 3.8) is 0 Å². The molecule has 0 amide bonds. The lowest BCUT2D eigenvalue weighted by atomic mass is 9.86. The zero-order valence-corrected chi connectivity index (χ0v) is 21.7. The molecule has 34 heavy (non-hydrogen) atoms. The number of carbonyl (C=O) groups excluding carboxylic acids is 1. The highest BCUT2D eigenvalue weighted by Crippen LogP contribution is 2.29. The molecule has 0 bridgehead atoms. The van der Waals surface area contributed by atoms with Crippen molar-refractivity contribution in [3.05, 3.63) is 89.0 Å². The van der Waals surface area contributed by atoms with E-state index < -0.39 is 0 Å². The van der Waals surface area contributed by atoms with Crippen molar-refractivity contribution in [1.82, 2.24) is 9.78 Å². The molecule has 1 aliphatic carbocycles. The molecular formula is C28H30BrN3OS. The molecule has 1 saturated carbocycles. The van der Waals surface area contributed by atoms with Gasteiger partial charge in [0.25, 0.3) is 0 Å². The van der Waals surface area contributed by atoms with Crippen LogP contribution in [0.4, 0.5) is 0 Å². The van der Waals surface area contributed by atoms with Gasteiger partial charge >= 0.3 is 0 Å². The Kier molecular flexibility index (Phi) is 8.46. The normalized spacial score (nSPS) is 14.0. The number of nitrogens with zero attached hydrogens (tertiary/aromatic N) is 3. The standard InChI is InChI=1S/C28H30N3OS.BrH/c32-27(28-14-8-18-33-28)21-30-17-7-11-23(20-30)26-19-24(16-15-22-9-3-1-4-10-22)29-31(26)25-12-5-2-6-13-25;/h2,5-8,11-14,17-20,22H,1,3-4,9-10,15-16,21H2;1H/q+1;/p-1. The second kappa shape index (κ2) is 11.7. The van der Waals surface area contributed by atoms with Crippen LogP contribution in [0.25, 0.3) is 16.9 Å². The molecule has 4 aromatic rings. The van der Waals surface area contributed by atoms with Crippen LogP contribution in [-0.2, 0) is 13.0 Å². The van der Waals surface area contributed by atoms with Gasteiger partial charge in [-0.25, -0.2) is 4.68 Å². The second-order valence-electron chi connectivity index (χ2n) is 8.98. The predicted octanol–water partition coefficient (Wildman–Crippen LogP) is 3.29. The third kappa shape index (κ3) is 5.91. The van der Waals surface area contributed by atoms with Gasteiger partial charge in [-0.2, -0.15) is 9.67 Å². The van der Waals surface area contributed by atoms with Crippen LogP contribution in [0.5, 0.6) is 0 Å². The molecule has 0 aliphatic heterocycles. The largest absolute Gasteiger partial charge is 1.00 e. The Morgan fingerprint density at radius 3 is 2.62 bits per heavy atom. The summed E-state index contributed by atoms with van der Waals surface area (Å²) in [6, 6.07) is 20.5. The summed E-state index contributed by atoms with van der Waals surface area (Å²) >= 11 is 1.49. The van der Waals surface area contributed by atoms with E-state index in [0.717, 1.165) is 39.9 Å².